The summed E-state index contributed by atoms with van der Waals surface area (Å²) in [6.45, 7) is 0. The van der Waals surface area contributed by atoms with Gasteiger partial charge >= 0.3 is 0 Å². The van der Waals surface area contributed by atoms with E-state index < -0.39 is 0 Å². The van der Waals surface area contributed by atoms with E-state index in [9.17, 15) is 4.79 Å². The van der Waals surface area contributed by atoms with Crippen molar-refractivity contribution in [3.05, 3.63) is 82.4 Å². The Hall–Kier alpha value is -3.08. The van der Waals surface area contributed by atoms with E-state index in [-0.39, 0.29) is 11.5 Å². The van der Waals surface area contributed by atoms with Crippen molar-refractivity contribution >= 4 is 5.65 Å². The molecule has 0 amide bonds. The highest BCUT2D eigenvalue weighted by Gasteiger charge is 2.32. The fourth-order valence-electron chi connectivity index (χ4n) is 3.58. The highest BCUT2D eigenvalue weighted by molar-refractivity contribution is 5.75. The van der Waals surface area contributed by atoms with E-state index in [1.807, 2.05) is 34.9 Å². The highest BCUT2D eigenvalue weighted by atomic mass is 16.3. The molecule has 0 radical (unpaired) electrons. The summed E-state index contributed by atoms with van der Waals surface area (Å²) in [4.78, 5) is 19.5. The summed E-state index contributed by atoms with van der Waals surface area (Å²) in [6.07, 6.45) is 5.95. The Morgan fingerprint density at radius 3 is 3.00 bits per heavy atom. The van der Waals surface area contributed by atoms with Gasteiger partial charge in [-0.1, -0.05) is 24.3 Å². The maximum absolute atomic E-state index is 12.3. The van der Waals surface area contributed by atoms with E-state index in [1.165, 1.54) is 5.56 Å². The van der Waals surface area contributed by atoms with Gasteiger partial charge < -0.3 is 9.40 Å². The van der Waals surface area contributed by atoms with Gasteiger partial charge in [0.1, 0.15) is 5.76 Å². The summed E-state index contributed by atoms with van der Waals surface area (Å²) in [5, 5.41) is 0. The van der Waals surface area contributed by atoms with Crippen molar-refractivity contribution in [3.63, 3.8) is 0 Å². The summed E-state index contributed by atoms with van der Waals surface area (Å²) in [5.41, 5.74) is 4.49. The first-order chi connectivity index (χ1) is 11.3. The second-order valence-corrected chi connectivity index (χ2v) is 5.76. The molecule has 23 heavy (non-hydrogen) atoms. The molecular weight excluding hydrogens is 290 g/mol. The third-order valence-corrected chi connectivity index (χ3v) is 4.52. The number of aromatic nitrogens is 3. The lowest BCUT2D eigenvalue weighted by molar-refractivity contribution is 0.497. The van der Waals surface area contributed by atoms with Gasteiger partial charge in [0.25, 0.3) is 5.56 Å². The molecule has 4 aromatic rings. The maximum atomic E-state index is 12.3. The average Bonchev–Trinajstić information content (AvgIpc) is 3.28. The Bertz CT molecular complexity index is 1070. The molecule has 0 bridgehead atoms. The van der Waals surface area contributed by atoms with Crippen LogP contribution in [0.2, 0.25) is 0 Å². The van der Waals surface area contributed by atoms with Gasteiger partial charge in [-0.25, -0.2) is 4.98 Å². The molecule has 5 rings (SSSR count). The standard InChI is InChI=1S/C18H13N3O2/c22-18-17-19-7-8-21(17)16-14(10-11-4-3-9-23-11)12-5-1-2-6-13(12)15(16)20-18/h1-9,14H,10H2,(H,20,22). The quantitative estimate of drug-likeness (QED) is 0.619. The van der Waals surface area contributed by atoms with Gasteiger partial charge in [0.05, 0.1) is 17.7 Å². The molecule has 1 aromatic carbocycles. The molecule has 112 valence electrons. The van der Waals surface area contributed by atoms with Crippen LogP contribution in [-0.2, 0) is 6.42 Å². The summed E-state index contributed by atoms with van der Waals surface area (Å²) in [7, 11) is 0. The fraction of sp³-hybridized carbons (Fsp3) is 0.111. The Labute approximate surface area is 131 Å². The third kappa shape index (κ3) is 1.67. The molecule has 1 atom stereocenters. The zero-order valence-corrected chi connectivity index (χ0v) is 12.2. The van der Waals surface area contributed by atoms with Crippen LogP contribution in [0.4, 0.5) is 0 Å². The minimum absolute atomic E-state index is 0.126. The fourth-order valence-corrected chi connectivity index (χ4v) is 3.58. The Morgan fingerprint density at radius 1 is 1.22 bits per heavy atom. The molecule has 5 heteroatoms. The van der Waals surface area contributed by atoms with Crippen LogP contribution in [0.15, 0.2) is 64.3 Å². The van der Waals surface area contributed by atoms with Crippen LogP contribution in [0.25, 0.3) is 16.9 Å². The number of hydrogen-bond acceptors (Lipinski definition) is 3. The minimum Gasteiger partial charge on any atom is -0.469 e. The van der Waals surface area contributed by atoms with Gasteiger partial charge in [0, 0.05) is 30.3 Å². The lowest BCUT2D eigenvalue weighted by atomic mass is 9.95. The van der Waals surface area contributed by atoms with Gasteiger partial charge in [0.15, 0.2) is 0 Å². The van der Waals surface area contributed by atoms with E-state index >= 15 is 0 Å². The molecule has 1 aliphatic carbocycles. The molecule has 0 spiro atoms. The average molecular weight is 303 g/mol. The van der Waals surface area contributed by atoms with Gasteiger partial charge in [0.2, 0.25) is 5.65 Å². The molecule has 5 nitrogen and oxygen atoms in total. The van der Waals surface area contributed by atoms with Crippen LogP contribution >= 0.6 is 0 Å². The lowest BCUT2D eigenvalue weighted by Crippen LogP contribution is -2.15. The lowest BCUT2D eigenvalue weighted by Gasteiger charge is -2.13. The summed E-state index contributed by atoms with van der Waals surface area (Å²) in [5.74, 6) is 1.05. The van der Waals surface area contributed by atoms with Crippen molar-refractivity contribution in [1.29, 1.82) is 0 Å². The molecule has 0 fully saturated rings. The predicted molar refractivity (Wildman–Crippen MR) is 85.5 cm³/mol. The second kappa shape index (κ2) is 4.46. The van der Waals surface area contributed by atoms with Crippen molar-refractivity contribution in [2.75, 3.05) is 0 Å². The Kier molecular flexibility index (Phi) is 2.42. The van der Waals surface area contributed by atoms with Crippen LogP contribution in [0.3, 0.4) is 0 Å². The predicted octanol–water partition coefficient (Wildman–Crippen LogP) is 2.97. The first kappa shape index (κ1) is 12.5. The van der Waals surface area contributed by atoms with Crippen molar-refractivity contribution in [3.8, 4) is 11.3 Å². The minimum atomic E-state index is -0.165. The Balaban J connectivity index is 1.83. The number of fused-ring (bicyclic) bond motifs is 5. The highest BCUT2D eigenvalue weighted by Crippen LogP contribution is 2.44. The topological polar surface area (TPSA) is 63.3 Å². The maximum Gasteiger partial charge on any atom is 0.292 e. The zero-order chi connectivity index (χ0) is 15.4. The molecule has 0 aliphatic heterocycles. The normalized spacial score (nSPS) is 15.7. The number of benzene rings is 1. The summed E-state index contributed by atoms with van der Waals surface area (Å²) in [6, 6.07) is 12.1. The van der Waals surface area contributed by atoms with E-state index in [0.29, 0.717) is 5.65 Å². The number of furan rings is 1. The molecule has 1 aliphatic rings. The van der Waals surface area contributed by atoms with Gasteiger partial charge in [-0.2, -0.15) is 0 Å². The van der Waals surface area contributed by atoms with E-state index in [2.05, 4.69) is 22.1 Å². The molecule has 3 heterocycles. The van der Waals surface area contributed by atoms with Crippen molar-refractivity contribution in [1.82, 2.24) is 14.4 Å². The van der Waals surface area contributed by atoms with Crippen LogP contribution in [0.5, 0.6) is 0 Å². The monoisotopic (exact) mass is 303 g/mol. The second-order valence-electron chi connectivity index (χ2n) is 5.76. The first-order valence-electron chi connectivity index (χ1n) is 7.54. The van der Waals surface area contributed by atoms with Crippen molar-refractivity contribution in [2.24, 2.45) is 0 Å². The number of nitrogens with one attached hydrogen (secondary N) is 1. The van der Waals surface area contributed by atoms with Crippen molar-refractivity contribution < 1.29 is 4.42 Å². The number of H-pyrrole nitrogens is 1. The van der Waals surface area contributed by atoms with E-state index in [4.69, 9.17) is 4.42 Å². The SMILES string of the molecule is O=c1[nH]c2c(n3ccnc13)C(Cc1ccco1)c1ccccc1-2. The molecular formula is C18H13N3O2. The zero-order valence-electron chi connectivity index (χ0n) is 12.2. The molecule has 1 unspecified atom stereocenters. The Morgan fingerprint density at radius 2 is 2.13 bits per heavy atom. The van der Waals surface area contributed by atoms with Crippen molar-refractivity contribution in [2.45, 2.75) is 12.3 Å². The molecule has 0 saturated heterocycles. The largest absolute Gasteiger partial charge is 0.469 e. The van der Waals surface area contributed by atoms with E-state index in [1.54, 1.807) is 12.5 Å². The summed E-state index contributed by atoms with van der Waals surface area (Å²) >= 11 is 0. The van der Waals surface area contributed by atoms with Crippen LogP contribution in [0.1, 0.15) is 22.9 Å². The van der Waals surface area contributed by atoms with Gasteiger partial charge in [-0.3, -0.25) is 9.20 Å². The van der Waals surface area contributed by atoms with Gasteiger partial charge in [-0.05, 0) is 17.7 Å². The number of aromatic amines is 1. The molecule has 1 N–H and O–H groups in total. The molecule has 3 aromatic heterocycles. The van der Waals surface area contributed by atoms with Gasteiger partial charge in [-0.15, -0.1) is 0 Å². The van der Waals surface area contributed by atoms with E-state index in [0.717, 1.165) is 29.1 Å². The first-order valence-corrected chi connectivity index (χ1v) is 7.54. The number of rotatable bonds is 2. The molecule has 0 saturated carbocycles. The van der Waals surface area contributed by atoms with Crippen LogP contribution < -0.4 is 5.56 Å². The number of imidazole rings is 1. The number of nitrogens with zero attached hydrogens (tertiary/aromatic N) is 2. The van der Waals surface area contributed by atoms with Crippen LogP contribution in [-0.4, -0.2) is 14.4 Å². The summed E-state index contributed by atoms with van der Waals surface area (Å²) < 4.78 is 7.45. The smallest absolute Gasteiger partial charge is 0.292 e. The number of hydrogen-bond donors (Lipinski definition) is 1. The third-order valence-electron chi connectivity index (χ3n) is 4.52. The van der Waals surface area contributed by atoms with Crippen LogP contribution in [0, 0.1) is 0 Å².